The molecule has 0 spiro atoms. The zero-order valence-corrected chi connectivity index (χ0v) is 13.6. The number of epoxide rings is 1. The first kappa shape index (κ1) is 17.0. The van der Waals surface area contributed by atoms with E-state index in [1.54, 1.807) is 12.2 Å². The minimum absolute atomic E-state index is 0.0593. The summed E-state index contributed by atoms with van der Waals surface area (Å²) < 4.78 is 10.4. The number of esters is 1. The molecule has 0 aromatic heterocycles. The molecule has 1 aromatic rings. The molecule has 23 heavy (non-hydrogen) atoms. The fraction of sp³-hybridized carbons (Fsp3) is 0.250. The van der Waals surface area contributed by atoms with Gasteiger partial charge in [0.15, 0.2) is 0 Å². The maximum Gasteiger partial charge on any atom is 0.338 e. The van der Waals surface area contributed by atoms with E-state index in [1.807, 2.05) is 56.3 Å². The van der Waals surface area contributed by atoms with Crippen molar-refractivity contribution in [3.63, 3.8) is 0 Å². The largest absolute Gasteiger partial charge is 0.459 e. The lowest BCUT2D eigenvalue weighted by Gasteiger charge is -2.07. The lowest BCUT2D eigenvalue weighted by atomic mass is 10.1. The van der Waals surface area contributed by atoms with Gasteiger partial charge in [0.25, 0.3) is 0 Å². The molecule has 0 N–H and O–H groups in total. The molecule has 3 heteroatoms. The van der Waals surface area contributed by atoms with E-state index in [2.05, 4.69) is 6.58 Å². The van der Waals surface area contributed by atoms with Crippen LogP contribution in [0.25, 0.3) is 6.08 Å². The molecule has 3 nitrogen and oxygen atoms in total. The maximum absolute atomic E-state index is 12.4. The summed E-state index contributed by atoms with van der Waals surface area (Å²) in [6.07, 6.45) is 7.44. The Morgan fingerprint density at radius 1 is 1.35 bits per heavy atom. The van der Waals surface area contributed by atoms with Crippen LogP contribution >= 0.6 is 0 Å². The first-order chi connectivity index (χ1) is 11.1. The first-order valence-electron chi connectivity index (χ1n) is 7.63. The highest BCUT2D eigenvalue weighted by Crippen LogP contribution is 2.16. The van der Waals surface area contributed by atoms with Crippen molar-refractivity contribution in [1.82, 2.24) is 0 Å². The third-order valence-corrected chi connectivity index (χ3v) is 3.46. The van der Waals surface area contributed by atoms with Crippen molar-refractivity contribution >= 4 is 12.0 Å². The molecule has 0 radical (unpaired) electrons. The molecule has 1 aromatic carbocycles. The number of hydrogen-bond donors (Lipinski definition) is 0. The predicted molar refractivity (Wildman–Crippen MR) is 92.8 cm³/mol. The van der Waals surface area contributed by atoms with Crippen molar-refractivity contribution in [2.75, 3.05) is 13.2 Å². The molecule has 0 aliphatic carbocycles. The molecule has 1 heterocycles. The van der Waals surface area contributed by atoms with Gasteiger partial charge in [0.1, 0.15) is 12.7 Å². The predicted octanol–water partition coefficient (Wildman–Crippen LogP) is 4.09. The Balaban J connectivity index is 2.22. The zero-order valence-electron chi connectivity index (χ0n) is 13.6. The molecule has 1 unspecified atom stereocenters. The highest BCUT2D eigenvalue weighted by Gasteiger charge is 2.25. The van der Waals surface area contributed by atoms with Gasteiger partial charge in [-0.1, -0.05) is 60.7 Å². The standard InChI is InChI=1S/C20H22O3/c1-4-15(2)12-16(3)19(20(21)23-14-18-13-22-18)11-10-17-8-6-5-7-9-17/h4-12,18H,1,13-14H2,2-3H3. The van der Waals surface area contributed by atoms with E-state index < -0.39 is 0 Å². The fourth-order valence-corrected chi connectivity index (χ4v) is 1.99. The molecule has 1 saturated heterocycles. The van der Waals surface area contributed by atoms with Gasteiger partial charge in [0, 0.05) is 0 Å². The number of allylic oxidation sites excluding steroid dienone is 4. The Hall–Kier alpha value is -2.39. The third kappa shape index (κ3) is 5.72. The molecule has 0 saturated carbocycles. The molecule has 0 bridgehead atoms. The summed E-state index contributed by atoms with van der Waals surface area (Å²) in [5, 5.41) is 0. The van der Waals surface area contributed by atoms with Crippen LogP contribution in [0.2, 0.25) is 0 Å². The fourth-order valence-electron chi connectivity index (χ4n) is 1.99. The maximum atomic E-state index is 12.4. The van der Waals surface area contributed by atoms with Crippen LogP contribution < -0.4 is 0 Å². The van der Waals surface area contributed by atoms with Crippen LogP contribution in [0.3, 0.4) is 0 Å². The minimum atomic E-state index is -0.335. The van der Waals surface area contributed by atoms with E-state index >= 15 is 0 Å². The second-order valence-electron chi connectivity index (χ2n) is 5.49. The quantitative estimate of drug-likeness (QED) is 0.329. The van der Waals surface area contributed by atoms with E-state index in [0.29, 0.717) is 18.8 Å². The van der Waals surface area contributed by atoms with Crippen LogP contribution in [0.4, 0.5) is 0 Å². The van der Waals surface area contributed by atoms with Crippen molar-refractivity contribution in [2.24, 2.45) is 0 Å². The van der Waals surface area contributed by atoms with Crippen LogP contribution in [0, 0.1) is 0 Å². The van der Waals surface area contributed by atoms with Gasteiger partial charge in [-0.3, -0.25) is 0 Å². The number of rotatable bonds is 7. The van der Waals surface area contributed by atoms with Gasteiger partial charge in [0.05, 0.1) is 12.2 Å². The van der Waals surface area contributed by atoms with Crippen LogP contribution in [0.15, 0.2) is 71.9 Å². The lowest BCUT2D eigenvalue weighted by Crippen LogP contribution is -2.12. The lowest BCUT2D eigenvalue weighted by molar-refractivity contribution is -0.139. The van der Waals surface area contributed by atoms with Gasteiger partial charge in [-0.05, 0) is 31.1 Å². The normalized spacial score (nSPS) is 18.5. The number of benzene rings is 1. The van der Waals surface area contributed by atoms with Crippen molar-refractivity contribution in [1.29, 1.82) is 0 Å². The molecule has 0 amide bonds. The Labute approximate surface area is 137 Å². The Kier molecular flexibility index (Phi) is 6.12. The highest BCUT2D eigenvalue weighted by atomic mass is 16.6. The van der Waals surface area contributed by atoms with Gasteiger partial charge in [-0.2, -0.15) is 0 Å². The molecule has 1 aliphatic rings. The summed E-state index contributed by atoms with van der Waals surface area (Å²) in [6, 6.07) is 9.84. The van der Waals surface area contributed by atoms with Gasteiger partial charge in [0.2, 0.25) is 0 Å². The van der Waals surface area contributed by atoms with Crippen molar-refractivity contribution in [3.05, 3.63) is 77.4 Å². The minimum Gasteiger partial charge on any atom is -0.459 e. The van der Waals surface area contributed by atoms with Crippen LogP contribution in [0.1, 0.15) is 19.4 Å². The van der Waals surface area contributed by atoms with Crippen LogP contribution in [0.5, 0.6) is 0 Å². The third-order valence-electron chi connectivity index (χ3n) is 3.46. The first-order valence-corrected chi connectivity index (χ1v) is 7.63. The Morgan fingerprint density at radius 3 is 2.65 bits per heavy atom. The summed E-state index contributed by atoms with van der Waals surface area (Å²) in [7, 11) is 0. The van der Waals surface area contributed by atoms with Crippen molar-refractivity contribution < 1.29 is 14.3 Å². The van der Waals surface area contributed by atoms with E-state index in [-0.39, 0.29) is 12.1 Å². The second-order valence-corrected chi connectivity index (χ2v) is 5.49. The van der Waals surface area contributed by atoms with Crippen LogP contribution in [-0.4, -0.2) is 25.3 Å². The molecular formula is C20H22O3. The Bertz CT molecular complexity index is 647. The summed E-state index contributed by atoms with van der Waals surface area (Å²) >= 11 is 0. The zero-order chi connectivity index (χ0) is 16.7. The summed E-state index contributed by atoms with van der Waals surface area (Å²) in [5.41, 5.74) is 3.40. The Morgan fingerprint density at radius 2 is 2.04 bits per heavy atom. The second kappa shape index (κ2) is 8.30. The van der Waals surface area contributed by atoms with Gasteiger partial charge >= 0.3 is 5.97 Å². The van der Waals surface area contributed by atoms with Gasteiger partial charge < -0.3 is 9.47 Å². The SMILES string of the molecule is C=CC(C)=CC(C)=C(C=Cc1ccccc1)C(=O)OCC1CO1. The average molecular weight is 310 g/mol. The van der Waals surface area contributed by atoms with E-state index in [1.165, 1.54) is 0 Å². The summed E-state index contributed by atoms with van der Waals surface area (Å²) in [5.74, 6) is -0.335. The topological polar surface area (TPSA) is 38.8 Å². The molecule has 1 aliphatic heterocycles. The van der Waals surface area contributed by atoms with Crippen LogP contribution in [-0.2, 0) is 14.3 Å². The highest BCUT2D eigenvalue weighted by molar-refractivity contribution is 5.94. The van der Waals surface area contributed by atoms with Crippen molar-refractivity contribution in [2.45, 2.75) is 20.0 Å². The molecule has 1 fully saturated rings. The summed E-state index contributed by atoms with van der Waals surface area (Å²) in [4.78, 5) is 12.4. The number of carbonyl (C=O) groups is 1. The molecule has 120 valence electrons. The van der Waals surface area contributed by atoms with Gasteiger partial charge in [-0.15, -0.1) is 0 Å². The van der Waals surface area contributed by atoms with E-state index in [9.17, 15) is 4.79 Å². The molecule has 2 rings (SSSR count). The molecular weight excluding hydrogens is 288 g/mol. The number of hydrogen-bond acceptors (Lipinski definition) is 3. The molecule has 1 atom stereocenters. The monoisotopic (exact) mass is 310 g/mol. The summed E-state index contributed by atoms with van der Waals surface area (Å²) in [6.45, 7) is 8.55. The average Bonchev–Trinajstić information content (AvgIpc) is 3.38. The smallest absolute Gasteiger partial charge is 0.338 e. The van der Waals surface area contributed by atoms with E-state index in [4.69, 9.17) is 9.47 Å². The number of carbonyl (C=O) groups excluding carboxylic acids is 1. The van der Waals surface area contributed by atoms with E-state index in [0.717, 1.165) is 16.7 Å². The van der Waals surface area contributed by atoms with Gasteiger partial charge in [-0.25, -0.2) is 4.79 Å². The van der Waals surface area contributed by atoms with Crippen molar-refractivity contribution in [3.8, 4) is 0 Å². The number of ether oxygens (including phenoxy) is 2.